The number of hydrogen-bond acceptors (Lipinski definition) is 3. The summed E-state index contributed by atoms with van der Waals surface area (Å²) in [6.45, 7) is 7.28. The third kappa shape index (κ3) is 4.24. The monoisotopic (exact) mass is 657 g/mol. The Morgan fingerprint density at radius 2 is 1.06 bits per heavy atom. The quantitative estimate of drug-likeness (QED) is 0.174. The maximum absolute atomic E-state index is 9.94. The molecule has 0 unspecified atom stereocenters. The molecule has 10 aromatic rings. The van der Waals surface area contributed by atoms with Crippen molar-refractivity contribution < 1.29 is 0 Å². The van der Waals surface area contributed by atoms with E-state index >= 15 is 0 Å². The average molecular weight is 658 g/mol. The van der Waals surface area contributed by atoms with Gasteiger partial charge in [-0.3, -0.25) is 0 Å². The molecular formula is C44H23N3S2. The van der Waals surface area contributed by atoms with Gasteiger partial charge in [0.05, 0.1) is 34.9 Å². The summed E-state index contributed by atoms with van der Waals surface area (Å²) in [5, 5.41) is 17.4. The lowest BCUT2D eigenvalue weighted by Crippen LogP contribution is -1.98. The van der Waals surface area contributed by atoms with E-state index in [1.54, 1.807) is 0 Å². The summed E-state index contributed by atoms with van der Waals surface area (Å²) in [4.78, 5) is 3.54. The highest BCUT2D eigenvalue weighted by Crippen LogP contribution is 2.44. The first kappa shape index (κ1) is 27.8. The van der Waals surface area contributed by atoms with Crippen LogP contribution in [0.2, 0.25) is 0 Å². The number of nitrogens with zero attached hydrogens (tertiary/aromatic N) is 3. The van der Waals surface area contributed by atoms with Crippen molar-refractivity contribution in [3.05, 3.63) is 157 Å². The topological polar surface area (TPSA) is 33.1 Å². The van der Waals surface area contributed by atoms with Crippen molar-refractivity contribution in [1.29, 1.82) is 5.26 Å². The summed E-state index contributed by atoms with van der Waals surface area (Å²) in [5.41, 5.74) is 9.03. The van der Waals surface area contributed by atoms with Crippen LogP contribution < -0.4 is 0 Å². The Kier molecular flexibility index (Phi) is 6.04. The fourth-order valence-corrected chi connectivity index (χ4v) is 9.55. The predicted molar refractivity (Wildman–Crippen MR) is 208 cm³/mol. The van der Waals surface area contributed by atoms with Gasteiger partial charge in [0.15, 0.2) is 5.69 Å². The highest BCUT2D eigenvalue weighted by molar-refractivity contribution is 7.27. The SMILES string of the molecule is [C-]#[N+]c1ccc(-c2ccc3sc4cc5c(cc4c3c2)sc2ccc(-c3ccc(C#N)cc3-n3c4ccccc4c4ccccc43)cc25)cc1. The van der Waals surface area contributed by atoms with Crippen molar-refractivity contribution in [3.63, 3.8) is 0 Å². The van der Waals surface area contributed by atoms with Gasteiger partial charge in [-0.15, -0.1) is 22.7 Å². The molecule has 0 aliphatic heterocycles. The largest absolute Gasteiger partial charge is 0.309 e. The van der Waals surface area contributed by atoms with Gasteiger partial charge in [0, 0.05) is 56.7 Å². The zero-order valence-electron chi connectivity index (χ0n) is 25.9. The summed E-state index contributed by atoms with van der Waals surface area (Å²) < 4.78 is 7.39. The van der Waals surface area contributed by atoms with Crippen molar-refractivity contribution in [1.82, 2.24) is 4.57 Å². The van der Waals surface area contributed by atoms with Crippen LogP contribution in [0.1, 0.15) is 5.56 Å². The van der Waals surface area contributed by atoms with Crippen molar-refractivity contribution >= 4 is 90.5 Å². The Morgan fingerprint density at radius 3 is 1.67 bits per heavy atom. The maximum atomic E-state index is 9.94. The van der Waals surface area contributed by atoms with Gasteiger partial charge in [0.2, 0.25) is 0 Å². The van der Waals surface area contributed by atoms with Gasteiger partial charge in [0.25, 0.3) is 0 Å². The molecule has 3 aromatic heterocycles. The average Bonchev–Trinajstić information content (AvgIpc) is 3.82. The van der Waals surface area contributed by atoms with E-state index in [0.29, 0.717) is 11.3 Å². The van der Waals surface area contributed by atoms with E-state index in [1.807, 2.05) is 59.1 Å². The molecule has 0 aliphatic rings. The van der Waals surface area contributed by atoms with Gasteiger partial charge in [0.1, 0.15) is 0 Å². The molecule has 0 saturated carbocycles. The van der Waals surface area contributed by atoms with E-state index in [2.05, 4.69) is 119 Å². The Hall–Kier alpha value is -6.24. The molecule has 0 saturated heterocycles. The van der Waals surface area contributed by atoms with Crippen molar-refractivity contribution in [2.24, 2.45) is 0 Å². The van der Waals surface area contributed by atoms with E-state index in [4.69, 9.17) is 6.57 Å². The molecule has 0 radical (unpaired) electrons. The summed E-state index contributed by atoms with van der Waals surface area (Å²) in [6, 6.07) is 51.5. The second-order valence-electron chi connectivity index (χ2n) is 12.3. The van der Waals surface area contributed by atoms with E-state index in [0.717, 1.165) is 39.0 Å². The molecular weight excluding hydrogens is 635 g/mol. The van der Waals surface area contributed by atoms with Gasteiger partial charge < -0.3 is 4.57 Å². The number of thiophene rings is 2. The van der Waals surface area contributed by atoms with Crippen LogP contribution >= 0.6 is 22.7 Å². The lowest BCUT2D eigenvalue weighted by molar-refractivity contribution is 1.18. The van der Waals surface area contributed by atoms with Gasteiger partial charge >= 0.3 is 0 Å². The molecule has 226 valence electrons. The van der Waals surface area contributed by atoms with Crippen LogP contribution in [0, 0.1) is 17.9 Å². The van der Waals surface area contributed by atoms with Gasteiger partial charge in [-0.25, -0.2) is 4.85 Å². The van der Waals surface area contributed by atoms with E-state index in [1.165, 1.54) is 51.1 Å². The van der Waals surface area contributed by atoms with Crippen LogP contribution in [0.25, 0.3) is 94.9 Å². The van der Waals surface area contributed by atoms with Crippen molar-refractivity contribution in [2.45, 2.75) is 0 Å². The molecule has 3 heterocycles. The molecule has 0 N–H and O–H groups in total. The molecule has 0 atom stereocenters. The summed E-state index contributed by atoms with van der Waals surface area (Å²) in [7, 11) is 0. The van der Waals surface area contributed by atoms with Gasteiger partial charge in [-0.2, -0.15) is 5.26 Å². The molecule has 10 rings (SSSR count). The minimum atomic E-state index is 0.637. The molecule has 0 fully saturated rings. The van der Waals surface area contributed by atoms with Crippen LogP contribution in [-0.2, 0) is 0 Å². The third-order valence-electron chi connectivity index (χ3n) is 9.65. The van der Waals surface area contributed by atoms with E-state index < -0.39 is 0 Å². The lowest BCUT2D eigenvalue weighted by atomic mass is 9.99. The maximum Gasteiger partial charge on any atom is 0.187 e. The van der Waals surface area contributed by atoms with Crippen LogP contribution in [-0.4, -0.2) is 4.57 Å². The van der Waals surface area contributed by atoms with Crippen LogP contribution in [0.15, 0.2) is 140 Å². The smallest absolute Gasteiger partial charge is 0.187 e. The highest BCUT2D eigenvalue weighted by Gasteiger charge is 2.18. The Bertz CT molecular complexity index is 3020. The predicted octanol–water partition coefficient (Wildman–Crippen LogP) is 13.3. The van der Waals surface area contributed by atoms with Crippen LogP contribution in [0.4, 0.5) is 5.69 Å². The fourth-order valence-electron chi connectivity index (χ4n) is 7.33. The number of rotatable bonds is 3. The number of nitriles is 1. The third-order valence-corrected chi connectivity index (χ3v) is 11.9. The Labute approximate surface area is 289 Å². The Balaban J connectivity index is 1.16. The number of para-hydroxylation sites is 2. The van der Waals surface area contributed by atoms with Crippen LogP contribution in [0.5, 0.6) is 0 Å². The van der Waals surface area contributed by atoms with Gasteiger partial charge in [-0.1, -0.05) is 78.9 Å². The first-order chi connectivity index (χ1) is 24.2. The molecule has 7 aromatic carbocycles. The lowest BCUT2D eigenvalue weighted by Gasteiger charge is -2.15. The normalized spacial score (nSPS) is 11.6. The first-order valence-corrected chi connectivity index (χ1v) is 17.6. The first-order valence-electron chi connectivity index (χ1n) is 16.0. The molecule has 0 aliphatic carbocycles. The fraction of sp³-hybridized carbons (Fsp3) is 0. The standard InChI is InChI=1S/C44H23N3S2/c1-46-30-15-11-27(12-16-30)28-13-18-41-34(21-28)36-23-44-37(24-43(36)48-41)35-22-29(14-19-42(35)49-44)31-17-10-26(25-45)20-40(31)47-38-8-4-2-6-32(38)33-7-3-5-9-39(33)47/h2-24H. The minimum Gasteiger partial charge on any atom is -0.309 e. The molecule has 0 spiro atoms. The number of benzene rings is 7. The zero-order valence-corrected chi connectivity index (χ0v) is 27.6. The second-order valence-corrected chi connectivity index (χ2v) is 14.5. The second kappa shape index (κ2) is 10.6. The minimum absolute atomic E-state index is 0.637. The number of hydrogen-bond donors (Lipinski definition) is 0. The van der Waals surface area contributed by atoms with Crippen LogP contribution in [0.3, 0.4) is 0 Å². The molecule has 0 bridgehead atoms. The summed E-state index contributed by atoms with van der Waals surface area (Å²) in [6.07, 6.45) is 0. The summed E-state index contributed by atoms with van der Waals surface area (Å²) >= 11 is 3.67. The van der Waals surface area contributed by atoms with E-state index in [-0.39, 0.29) is 0 Å². The van der Waals surface area contributed by atoms with Crippen molar-refractivity contribution in [3.8, 4) is 34.0 Å². The Morgan fingerprint density at radius 1 is 0.510 bits per heavy atom. The summed E-state index contributed by atoms with van der Waals surface area (Å²) in [5.74, 6) is 0. The van der Waals surface area contributed by atoms with Gasteiger partial charge in [-0.05, 0) is 77.4 Å². The highest BCUT2D eigenvalue weighted by atomic mass is 32.1. The number of fused-ring (bicyclic) bond motifs is 9. The number of aromatic nitrogens is 1. The van der Waals surface area contributed by atoms with Crippen molar-refractivity contribution in [2.75, 3.05) is 0 Å². The molecule has 49 heavy (non-hydrogen) atoms. The molecule has 0 amide bonds. The molecule has 5 heteroatoms. The molecule has 3 nitrogen and oxygen atoms in total. The van der Waals surface area contributed by atoms with E-state index in [9.17, 15) is 5.26 Å². The zero-order chi connectivity index (χ0) is 32.6.